The number of hydrogen-bond acceptors (Lipinski definition) is 3. The third kappa shape index (κ3) is 3.68. The van der Waals surface area contributed by atoms with Gasteiger partial charge in [-0.2, -0.15) is 0 Å². The van der Waals surface area contributed by atoms with Crippen LogP contribution in [-0.4, -0.2) is 31.5 Å². The average molecular weight is 312 g/mol. The SMILES string of the molecule is O=C(C[NH+]1CCC(C(=O)[O-])CC1)Nc1cccc2ccccc12. The molecule has 2 aromatic rings. The first-order chi connectivity index (χ1) is 11.1. The van der Waals surface area contributed by atoms with E-state index in [1.54, 1.807) is 0 Å². The van der Waals surface area contributed by atoms with Crippen molar-refractivity contribution in [2.24, 2.45) is 5.92 Å². The molecule has 0 aromatic heterocycles. The van der Waals surface area contributed by atoms with Crippen molar-refractivity contribution in [2.75, 3.05) is 25.0 Å². The number of nitrogens with one attached hydrogen (secondary N) is 2. The Morgan fingerprint density at radius 1 is 1.09 bits per heavy atom. The molecule has 1 heterocycles. The number of rotatable bonds is 4. The summed E-state index contributed by atoms with van der Waals surface area (Å²) in [5, 5.41) is 15.9. The van der Waals surface area contributed by atoms with Gasteiger partial charge < -0.3 is 20.1 Å². The Bertz CT molecular complexity index is 716. The van der Waals surface area contributed by atoms with Crippen LogP contribution >= 0.6 is 0 Å². The highest BCUT2D eigenvalue weighted by atomic mass is 16.4. The second-order valence-electron chi connectivity index (χ2n) is 6.09. The molecule has 0 saturated carbocycles. The Hall–Kier alpha value is -2.40. The van der Waals surface area contributed by atoms with Gasteiger partial charge in [0.15, 0.2) is 6.54 Å². The molecule has 0 radical (unpaired) electrons. The van der Waals surface area contributed by atoms with E-state index < -0.39 is 5.97 Å². The zero-order valence-electron chi connectivity index (χ0n) is 12.9. The van der Waals surface area contributed by atoms with Gasteiger partial charge in [0, 0.05) is 35.8 Å². The molecular weight excluding hydrogens is 292 g/mol. The zero-order valence-corrected chi connectivity index (χ0v) is 12.9. The molecule has 2 aromatic carbocycles. The number of anilines is 1. The van der Waals surface area contributed by atoms with Gasteiger partial charge in [-0.05, 0) is 11.5 Å². The van der Waals surface area contributed by atoms with Crippen LogP contribution in [0.5, 0.6) is 0 Å². The number of carboxylic acids is 1. The van der Waals surface area contributed by atoms with Crippen molar-refractivity contribution in [2.45, 2.75) is 12.8 Å². The largest absolute Gasteiger partial charge is 0.550 e. The van der Waals surface area contributed by atoms with E-state index in [-0.39, 0.29) is 11.8 Å². The first-order valence-electron chi connectivity index (χ1n) is 7.95. The van der Waals surface area contributed by atoms with Gasteiger partial charge in [-0.15, -0.1) is 0 Å². The smallest absolute Gasteiger partial charge is 0.279 e. The minimum Gasteiger partial charge on any atom is -0.550 e. The lowest BCUT2D eigenvalue weighted by atomic mass is 9.97. The standard InChI is InChI=1S/C18H20N2O3/c21-17(12-20-10-8-14(9-11-20)18(22)23)19-16-7-3-5-13-4-1-2-6-15(13)16/h1-7,14H,8-12H2,(H,19,21)(H,22,23). The molecule has 1 fully saturated rings. The predicted molar refractivity (Wildman–Crippen MR) is 85.9 cm³/mol. The van der Waals surface area contributed by atoms with E-state index in [9.17, 15) is 14.7 Å². The summed E-state index contributed by atoms with van der Waals surface area (Å²) in [6, 6.07) is 13.8. The van der Waals surface area contributed by atoms with Gasteiger partial charge in [-0.1, -0.05) is 36.4 Å². The second kappa shape index (κ2) is 6.79. The van der Waals surface area contributed by atoms with Crippen LogP contribution in [-0.2, 0) is 9.59 Å². The number of quaternary nitrogens is 1. The Morgan fingerprint density at radius 2 is 1.78 bits per heavy atom. The molecular formula is C18H20N2O3. The maximum Gasteiger partial charge on any atom is 0.279 e. The van der Waals surface area contributed by atoms with Gasteiger partial charge >= 0.3 is 0 Å². The van der Waals surface area contributed by atoms with Gasteiger partial charge in [0.2, 0.25) is 0 Å². The summed E-state index contributed by atoms with van der Waals surface area (Å²) in [6.45, 7) is 1.76. The predicted octanol–water partition coefficient (Wildman–Crippen LogP) is -0.177. The first kappa shape index (κ1) is 15.5. The first-order valence-corrected chi connectivity index (χ1v) is 7.95. The van der Waals surface area contributed by atoms with Gasteiger partial charge in [-0.25, -0.2) is 0 Å². The number of benzene rings is 2. The molecule has 1 amide bonds. The molecule has 0 unspecified atom stereocenters. The van der Waals surface area contributed by atoms with Crippen molar-refractivity contribution < 1.29 is 19.6 Å². The van der Waals surface area contributed by atoms with E-state index in [1.165, 1.54) is 0 Å². The van der Waals surface area contributed by atoms with E-state index in [0.717, 1.165) is 21.4 Å². The van der Waals surface area contributed by atoms with Crippen LogP contribution < -0.4 is 15.3 Å². The molecule has 0 spiro atoms. The normalized spacial score (nSPS) is 21.0. The van der Waals surface area contributed by atoms with Gasteiger partial charge in [0.25, 0.3) is 5.91 Å². The fourth-order valence-electron chi connectivity index (χ4n) is 3.19. The number of carbonyl (C=O) groups excluding carboxylic acids is 2. The molecule has 5 nitrogen and oxygen atoms in total. The summed E-state index contributed by atoms with van der Waals surface area (Å²) in [5.41, 5.74) is 0.817. The maximum atomic E-state index is 12.3. The van der Waals surface area contributed by atoms with Crippen LogP contribution in [0.3, 0.4) is 0 Å². The van der Waals surface area contributed by atoms with Crippen LogP contribution in [0.15, 0.2) is 42.5 Å². The number of aliphatic carboxylic acids is 1. The highest BCUT2D eigenvalue weighted by molar-refractivity contribution is 6.02. The van der Waals surface area contributed by atoms with E-state index >= 15 is 0 Å². The number of piperidine rings is 1. The summed E-state index contributed by atoms with van der Waals surface area (Å²) >= 11 is 0. The van der Waals surface area contributed by atoms with E-state index in [1.807, 2.05) is 42.5 Å². The Labute approximate surface area is 134 Å². The molecule has 1 aliphatic rings. The highest BCUT2D eigenvalue weighted by Crippen LogP contribution is 2.22. The monoisotopic (exact) mass is 312 g/mol. The Balaban J connectivity index is 1.60. The minimum absolute atomic E-state index is 0.0387. The fraction of sp³-hybridized carbons (Fsp3) is 0.333. The number of amides is 1. The molecule has 0 bridgehead atoms. The fourth-order valence-corrected chi connectivity index (χ4v) is 3.19. The Kier molecular flexibility index (Phi) is 4.57. The summed E-state index contributed by atoms with van der Waals surface area (Å²) in [6.07, 6.45) is 1.17. The van der Waals surface area contributed by atoms with Gasteiger partial charge in [-0.3, -0.25) is 4.79 Å². The van der Waals surface area contributed by atoms with Crippen molar-refractivity contribution in [3.8, 4) is 0 Å². The number of fused-ring (bicyclic) bond motifs is 1. The van der Waals surface area contributed by atoms with Crippen molar-refractivity contribution in [3.63, 3.8) is 0 Å². The van der Waals surface area contributed by atoms with Gasteiger partial charge in [0.1, 0.15) is 0 Å². The lowest BCUT2D eigenvalue weighted by molar-refractivity contribution is -0.897. The number of hydrogen-bond donors (Lipinski definition) is 2. The Morgan fingerprint density at radius 3 is 2.52 bits per heavy atom. The lowest BCUT2D eigenvalue weighted by Gasteiger charge is -2.29. The molecule has 23 heavy (non-hydrogen) atoms. The summed E-state index contributed by atoms with van der Waals surface area (Å²) in [7, 11) is 0. The average Bonchev–Trinajstić information content (AvgIpc) is 2.55. The van der Waals surface area contributed by atoms with Crippen LogP contribution in [0.25, 0.3) is 10.8 Å². The molecule has 5 heteroatoms. The van der Waals surface area contributed by atoms with E-state index in [0.29, 0.717) is 32.5 Å². The van der Waals surface area contributed by atoms with Crippen molar-refractivity contribution in [3.05, 3.63) is 42.5 Å². The molecule has 1 aliphatic heterocycles. The quantitative estimate of drug-likeness (QED) is 0.823. The highest BCUT2D eigenvalue weighted by Gasteiger charge is 2.24. The zero-order chi connectivity index (χ0) is 16.2. The topological polar surface area (TPSA) is 73.7 Å². The third-order valence-corrected chi connectivity index (χ3v) is 4.50. The molecule has 0 atom stereocenters. The van der Waals surface area contributed by atoms with Crippen molar-refractivity contribution >= 4 is 28.3 Å². The van der Waals surface area contributed by atoms with Gasteiger partial charge in [0.05, 0.1) is 13.1 Å². The third-order valence-electron chi connectivity index (χ3n) is 4.50. The van der Waals surface area contributed by atoms with Crippen LogP contribution in [0.4, 0.5) is 5.69 Å². The molecule has 0 aliphatic carbocycles. The maximum absolute atomic E-state index is 12.3. The van der Waals surface area contributed by atoms with Crippen molar-refractivity contribution in [1.82, 2.24) is 0 Å². The van der Waals surface area contributed by atoms with Crippen LogP contribution in [0.1, 0.15) is 12.8 Å². The van der Waals surface area contributed by atoms with Crippen LogP contribution in [0, 0.1) is 5.92 Å². The summed E-state index contributed by atoms with van der Waals surface area (Å²) < 4.78 is 0. The number of likely N-dealkylation sites (tertiary alicyclic amines) is 1. The minimum atomic E-state index is -0.968. The molecule has 3 rings (SSSR count). The number of carboxylic acid groups (broad SMARTS) is 1. The molecule has 120 valence electrons. The summed E-state index contributed by atoms with van der Waals surface area (Å²) in [4.78, 5) is 24.3. The number of carbonyl (C=O) groups is 2. The lowest BCUT2D eigenvalue weighted by Crippen LogP contribution is -3.14. The summed E-state index contributed by atoms with van der Waals surface area (Å²) in [5.74, 6) is -1.37. The van der Waals surface area contributed by atoms with Crippen LogP contribution in [0.2, 0.25) is 0 Å². The second-order valence-corrected chi connectivity index (χ2v) is 6.09. The molecule has 2 N–H and O–H groups in total. The van der Waals surface area contributed by atoms with E-state index in [4.69, 9.17) is 0 Å². The van der Waals surface area contributed by atoms with E-state index in [2.05, 4.69) is 5.32 Å². The molecule has 1 saturated heterocycles. The van der Waals surface area contributed by atoms with Crippen molar-refractivity contribution in [1.29, 1.82) is 0 Å².